The van der Waals surface area contributed by atoms with Crippen molar-refractivity contribution in [3.63, 3.8) is 0 Å². The van der Waals surface area contributed by atoms with Gasteiger partial charge in [0.05, 0.1) is 5.41 Å². The van der Waals surface area contributed by atoms with Crippen LogP contribution in [-0.4, -0.2) is 12.1 Å². The summed E-state index contributed by atoms with van der Waals surface area (Å²) in [6, 6.07) is 20.6. The molecule has 3 rings (SSSR count). The lowest BCUT2D eigenvalue weighted by Gasteiger charge is -2.36. The first-order chi connectivity index (χ1) is 10.2. The third kappa shape index (κ3) is 2.38. The Bertz CT molecular complexity index is 604. The van der Waals surface area contributed by atoms with Gasteiger partial charge in [-0.15, -0.1) is 0 Å². The van der Waals surface area contributed by atoms with Crippen LogP contribution in [0.2, 0.25) is 0 Å². The van der Waals surface area contributed by atoms with Gasteiger partial charge >= 0.3 is 5.97 Å². The van der Waals surface area contributed by atoms with E-state index in [0.717, 1.165) is 6.42 Å². The van der Waals surface area contributed by atoms with Gasteiger partial charge in [-0.05, 0) is 23.6 Å². The molecular formula is C19H18O2. The van der Waals surface area contributed by atoms with Crippen molar-refractivity contribution in [1.29, 1.82) is 0 Å². The Labute approximate surface area is 125 Å². The van der Waals surface area contributed by atoms with Gasteiger partial charge in [-0.3, -0.25) is 4.79 Å². The Balaban J connectivity index is 2.14. The second kappa shape index (κ2) is 5.57. The van der Waals surface area contributed by atoms with Crippen molar-refractivity contribution >= 4 is 5.97 Å². The van der Waals surface area contributed by atoms with E-state index in [1.54, 1.807) is 0 Å². The summed E-state index contributed by atoms with van der Waals surface area (Å²) in [6.07, 6.45) is 4.67. The molecule has 0 saturated carbocycles. The van der Waals surface area contributed by atoms with Gasteiger partial charge in [-0.2, -0.15) is 0 Å². The van der Waals surface area contributed by atoms with Gasteiger partial charge in [0.15, 0.2) is 0 Å². The Morgan fingerprint density at radius 3 is 2.00 bits per heavy atom. The molecule has 1 atom stereocenters. The summed E-state index contributed by atoms with van der Waals surface area (Å²) in [5.74, 6) is -0.247. The van der Waals surface area contributed by atoms with Crippen molar-refractivity contribution < 1.29 is 9.53 Å². The zero-order valence-corrected chi connectivity index (χ0v) is 12.0. The Morgan fingerprint density at radius 2 is 1.52 bits per heavy atom. The van der Waals surface area contributed by atoms with E-state index < -0.39 is 0 Å². The standard InChI is InChI=1S/C19H18O2/c1-15(20)21-18-13-8-14-19(18,16-9-4-2-5-10-16)17-11-6-3-7-12-17/h2-13,18H,14H2,1H3. The normalized spacial score (nSPS) is 19.4. The zero-order chi connectivity index (χ0) is 14.7. The number of esters is 1. The van der Waals surface area contributed by atoms with Crippen LogP contribution in [0.25, 0.3) is 0 Å². The molecule has 0 aliphatic heterocycles. The van der Waals surface area contributed by atoms with Crippen LogP contribution in [-0.2, 0) is 14.9 Å². The highest BCUT2D eigenvalue weighted by Crippen LogP contribution is 2.44. The predicted octanol–water partition coefficient (Wildman–Crippen LogP) is 3.86. The van der Waals surface area contributed by atoms with Crippen LogP contribution in [0.5, 0.6) is 0 Å². The van der Waals surface area contributed by atoms with Gasteiger partial charge in [0.1, 0.15) is 6.10 Å². The van der Waals surface area contributed by atoms with Crippen LogP contribution in [0, 0.1) is 0 Å². The lowest BCUT2D eigenvalue weighted by atomic mass is 9.71. The minimum Gasteiger partial charge on any atom is -0.457 e. The molecule has 0 spiro atoms. The number of hydrogen-bond acceptors (Lipinski definition) is 2. The minimum absolute atomic E-state index is 0.247. The summed E-state index contributed by atoms with van der Waals surface area (Å²) in [7, 11) is 0. The molecule has 0 fully saturated rings. The molecule has 2 heteroatoms. The van der Waals surface area contributed by atoms with Crippen LogP contribution in [0.1, 0.15) is 24.5 Å². The Kier molecular flexibility index (Phi) is 3.61. The molecule has 0 N–H and O–H groups in total. The molecule has 0 saturated heterocycles. The molecular weight excluding hydrogens is 260 g/mol. The maximum absolute atomic E-state index is 11.5. The molecule has 0 amide bonds. The van der Waals surface area contributed by atoms with E-state index in [4.69, 9.17) is 4.74 Å². The topological polar surface area (TPSA) is 26.3 Å². The van der Waals surface area contributed by atoms with Crippen molar-refractivity contribution in [3.8, 4) is 0 Å². The number of allylic oxidation sites excluding steroid dienone is 1. The average Bonchev–Trinajstić information content (AvgIpc) is 2.93. The highest BCUT2D eigenvalue weighted by molar-refractivity contribution is 5.67. The molecule has 106 valence electrons. The lowest BCUT2D eigenvalue weighted by Crippen LogP contribution is -2.39. The van der Waals surface area contributed by atoms with Crippen molar-refractivity contribution in [1.82, 2.24) is 0 Å². The van der Waals surface area contributed by atoms with Crippen LogP contribution in [0.15, 0.2) is 72.8 Å². The predicted molar refractivity (Wildman–Crippen MR) is 83.0 cm³/mol. The summed E-state index contributed by atoms with van der Waals surface area (Å²) in [5.41, 5.74) is 2.02. The highest BCUT2D eigenvalue weighted by Gasteiger charge is 2.45. The van der Waals surface area contributed by atoms with Gasteiger partial charge in [0, 0.05) is 6.92 Å². The maximum atomic E-state index is 11.5. The summed E-state index contributed by atoms with van der Waals surface area (Å²) in [6.45, 7) is 1.47. The summed E-state index contributed by atoms with van der Waals surface area (Å²) < 4.78 is 5.61. The highest BCUT2D eigenvalue weighted by atomic mass is 16.5. The summed E-state index contributed by atoms with van der Waals surface area (Å²) in [5, 5.41) is 0. The zero-order valence-electron chi connectivity index (χ0n) is 12.0. The Hall–Kier alpha value is -2.35. The van der Waals surface area contributed by atoms with E-state index in [0.29, 0.717) is 0 Å². The van der Waals surface area contributed by atoms with Crippen molar-refractivity contribution in [3.05, 3.63) is 83.9 Å². The fourth-order valence-corrected chi connectivity index (χ4v) is 3.18. The monoisotopic (exact) mass is 278 g/mol. The molecule has 2 nitrogen and oxygen atoms in total. The van der Waals surface area contributed by atoms with Gasteiger partial charge in [0.2, 0.25) is 0 Å². The van der Waals surface area contributed by atoms with Crippen LogP contribution >= 0.6 is 0 Å². The number of ether oxygens (including phenoxy) is 1. The molecule has 0 radical (unpaired) electrons. The van der Waals surface area contributed by atoms with E-state index in [1.165, 1.54) is 18.1 Å². The van der Waals surface area contributed by atoms with E-state index in [-0.39, 0.29) is 17.5 Å². The molecule has 1 aliphatic carbocycles. The first kappa shape index (κ1) is 13.6. The molecule has 2 aromatic rings. The summed E-state index contributed by atoms with van der Waals surface area (Å²) >= 11 is 0. The number of benzene rings is 2. The van der Waals surface area contributed by atoms with Crippen molar-refractivity contribution in [2.45, 2.75) is 24.9 Å². The fraction of sp³-hybridized carbons (Fsp3) is 0.211. The molecule has 1 aliphatic rings. The first-order valence-corrected chi connectivity index (χ1v) is 7.18. The van der Waals surface area contributed by atoms with E-state index in [9.17, 15) is 4.79 Å². The smallest absolute Gasteiger partial charge is 0.303 e. The average molecular weight is 278 g/mol. The van der Waals surface area contributed by atoms with Crippen molar-refractivity contribution in [2.24, 2.45) is 0 Å². The lowest BCUT2D eigenvalue weighted by molar-refractivity contribution is -0.146. The molecule has 21 heavy (non-hydrogen) atoms. The molecule has 0 bridgehead atoms. The third-order valence-corrected chi connectivity index (χ3v) is 4.11. The van der Waals surface area contributed by atoms with E-state index in [1.807, 2.05) is 42.5 Å². The van der Waals surface area contributed by atoms with Gasteiger partial charge in [-0.1, -0.05) is 66.7 Å². The Morgan fingerprint density at radius 1 is 1.00 bits per heavy atom. The number of rotatable bonds is 3. The largest absolute Gasteiger partial charge is 0.457 e. The number of carbonyl (C=O) groups excluding carboxylic acids is 1. The molecule has 1 unspecified atom stereocenters. The van der Waals surface area contributed by atoms with Crippen molar-refractivity contribution in [2.75, 3.05) is 0 Å². The second-order valence-corrected chi connectivity index (χ2v) is 5.37. The molecule has 0 heterocycles. The first-order valence-electron chi connectivity index (χ1n) is 7.18. The number of hydrogen-bond donors (Lipinski definition) is 0. The maximum Gasteiger partial charge on any atom is 0.303 e. The van der Waals surface area contributed by atoms with Crippen LogP contribution < -0.4 is 0 Å². The van der Waals surface area contributed by atoms with Crippen LogP contribution in [0.4, 0.5) is 0 Å². The van der Waals surface area contributed by atoms with Gasteiger partial charge < -0.3 is 4.74 Å². The third-order valence-electron chi connectivity index (χ3n) is 4.11. The molecule has 0 aromatic heterocycles. The van der Waals surface area contributed by atoms with E-state index in [2.05, 4.69) is 30.3 Å². The van der Waals surface area contributed by atoms with Gasteiger partial charge in [-0.25, -0.2) is 0 Å². The summed E-state index contributed by atoms with van der Waals surface area (Å²) in [4.78, 5) is 11.5. The second-order valence-electron chi connectivity index (χ2n) is 5.37. The van der Waals surface area contributed by atoms with Crippen LogP contribution in [0.3, 0.4) is 0 Å². The van der Waals surface area contributed by atoms with Gasteiger partial charge in [0.25, 0.3) is 0 Å². The molecule has 2 aromatic carbocycles. The quantitative estimate of drug-likeness (QED) is 0.629. The number of carbonyl (C=O) groups is 1. The fourth-order valence-electron chi connectivity index (χ4n) is 3.18. The SMILES string of the molecule is CC(=O)OC1C=CCC1(c1ccccc1)c1ccccc1. The minimum atomic E-state index is -0.325. The van der Waals surface area contributed by atoms with E-state index >= 15 is 0 Å².